The van der Waals surface area contributed by atoms with Gasteiger partial charge in [-0.2, -0.15) is 0 Å². The SMILES string of the molecule is CCOC(=O)C1COc2ccccc2O1. The molecule has 1 atom stereocenters. The maximum atomic E-state index is 11.4. The summed E-state index contributed by atoms with van der Waals surface area (Å²) in [5.41, 5.74) is 0. The second kappa shape index (κ2) is 4.21. The fourth-order valence-electron chi connectivity index (χ4n) is 1.37. The fraction of sp³-hybridized carbons (Fsp3) is 0.364. The van der Waals surface area contributed by atoms with Crippen LogP contribution in [0.3, 0.4) is 0 Å². The normalized spacial score (nSPS) is 18.3. The van der Waals surface area contributed by atoms with Crippen molar-refractivity contribution in [3.8, 4) is 11.5 Å². The van der Waals surface area contributed by atoms with Crippen LogP contribution in [-0.4, -0.2) is 25.3 Å². The van der Waals surface area contributed by atoms with Gasteiger partial charge in [0.25, 0.3) is 0 Å². The topological polar surface area (TPSA) is 44.8 Å². The summed E-state index contributed by atoms with van der Waals surface area (Å²) >= 11 is 0. The molecule has 0 N–H and O–H groups in total. The molecule has 0 fully saturated rings. The van der Waals surface area contributed by atoms with Crippen LogP contribution in [0.4, 0.5) is 0 Å². The predicted molar refractivity (Wildman–Crippen MR) is 53.0 cm³/mol. The molecule has 0 saturated heterocycles. The van der Waals surface area contributed by atoms with Crippen molar-refractivity contribution in [1.29, 1.82) is 0 Å². The van der Waals surface area contributed by atoms with E-state index in [4.69, 9.17) is 14.2 Å². The zero-order valence-electron chi connectivity index (χ0n) is 8.43. The first-order chi connectivity index (χ1) is 7.31. The minimum Gasteiger partial charge on any atom is -0.485 e. The Balaban J connectivity index is 2.08. The van der Waals surface area contributed by atoms with Crippen molar-refractivity contribution in [3.63, 3.8) is 0 Å². The van der Waals surface area contributed by atoms with E-state index in [1.54, 1.807) is 19.1 Å². The van der Waals surface area contributed by atoms with Gasteiger partial charge in [0.2, 0.25) is 6.10 Å². The Bertz CT molecular complexity index is 361. The molecule has 2 rings (SSSR count). The highest BCUT2D eigenvalue weighted by Crippen LogP contribution is 2.30. The number of rotatable bonds is 2. The standard InChI is InChI=1S/C11H12O4/c1-2-13-11(12)10-7-14-8-5-3-4-6-9(8)15-10/h3-6,10H,2,7H2,1H3. The van der Waals surface area contributed by atoms with E-state index in [-0.39, 0.29) is 12.6 Å². The third-order valence-electron chi connectivity index (χ3n) is 2.06. The molecular weight excluding hydrogens is 196 g/mol. The van der Waals surface area contributed by atoms with Gasteiger partial charge in [-0.1, -0.05) is 12.1 Å². The number of fused-ring (bicyclic) bond motifs is 1. The number of ether oxygens (including phenoxy) is 3. The van der Waals surface area contributed by atoms with Crippen LogP contribution in [0.25, 0.3) is 0 Å². The highest BCUT2D eigenvalue weighted by Gasteiger charge is 2.28. The van der Waals surface area contributed by atoms with Crippen LogP contribution in [0.5, 0.6) is 11.5 Å². The Kier molecular flexibility index (Phi) is 2.76. The number of benzene rings is 1. The molecule has 1 aliphatic rings. The molecule has 0 aliphatic carbocycles. The average Bonchev–Trinajstić information content (AvgIpc) is 2.29. The maximum absolute atomic E-state index is 11.4. The van der Waals surface area contributed by atoms with Crippen LogP contribution in [-0.2, 0) is 9.53 Å². The van der Waals surface area contributed by atoms with Crippen molar-refractivity contribution < 1.29 is 19.0 Å². The van der Waals surface area contributed by atoms with Crippen molar-refractivity contribution >= 4 is 5.97 Å². The molecule has 0 amide bonds. The highest BCUT2D eigenvalue weighted by molar-refractivity contribution is 5.75. The van der Waals surface area contributed by atoms with Crippen molar-refractivity contribution in [2.75, 3.05) is 13.2 Å². The second-order valence-corrected chi connectivity index (χ2v) is 3.12. The molecule has 1 heterocycles. The van der Waals surface area contributed by atoms with Crippen LogP contribution >= 0.6 is 0 Å². The quantitative estimate of drug-likeness (QED) is 0.689. The Morgan fingerprint density at radius 2 is 2.20 bits per heavy atom. The molecule has 1 aliphatic heterocycles. The van der Waals surface area contributed by atoms with E-state index in [1.165, 1.54) is 0 Å². The molecule has 80 valence electrons. The third kappa shape index (κ3) is 2.03. The van der Waals surface area contributed by atoms with Gasteiger partial charge in [0, 0.05) is 0 Å². The van der Waals surface area contributed by atoms with Crippen LogP contribution in [0.2, 0.25) is 0 Å². The van der Waals surface area contributed by atoms with E-state index in [0.29, 0.717) is 18.1 Å². The molecule has 1 aromatic rings. The van der Waals surface area contributed by atoms with Gasteiger partial charge >= 0.3 is 5.97 Å². The highest BCUT2D eigenvalue weighted by atomic mass is 16.6. The Morgan fingerprint density at radius 1 is 1.47 bits per heavy atom. The summed E-state index contributed by atoms with van der Waals surface area (Å²) in [6.45, 7) is 2.31. The monoisotopic (exact) mass is 208 g/mol. The number of para-hydroxylation sites is 2. The van der Waals surface area contributed by atoms with Gasteiger partial charge in [-0.3, -0.25) is 0 Å². The van der Waals surface area contributed by atoms with Crippen LogP contribution in [0.15, 0.2) is 24.3 Å². The van der Waals surface area contributed by atoms with Gasteiger partial charge in [0.1, 0.15) is 6.61 Å². The number of hydrogen-bond donors (Lipinski definition) is 0. The summed E-state index contributed by atoms with van der Waals surface area (Å²) in [5.74, 6) is 0.867. The predicted octanol–water partition coefficient (Wildman–Crippen LogP) is 1.39. The Morgan fingerprint density at radius 3 is 2.93 bits per heavy atom. The molecule has 4 nitrogen and oxygen atoms in total. The molecule has 0 radical (unpaired) electrons. The first-order valence-electron chi connectivity index (χ1n) is 4.86. The van der Waals surface area contributed by atoms with Crippen LogP contribution in [0, 0.1) is 0 Å². The molecule has 0 spiro atoms. The summed E-state index contributed by atoms with van der Waals surface area (Å²) in [6, 6.07) is 7.25. The molecule has 1 unspecified atom stereocenters. The molecule has 15 heavy (non-hydrogen) atoms. The summed E-state index contributed by atoms with van der Waals surface area (Å²) in [7, 11) is 0. The number of hydrogen-bond acceptors (Lipinski definition) is 4. The smallest absolute Gasteiger partial charge is 0.350 e. The lowest BCUT2D eigenvalue weighted by Crippen LogP contribution is -2.37. The zero-order chi connectivity index (χ0) is 10.7. The van der Waals surface area contributed by atoms with E-state index < -0.39 is 6.10 Å². The van der Waals surface area contributed by atoms with Crippen molar-refractivity contribution in [2.24, 2.45) is 0 Å². The zero-order valence-corrected chi connectivity index (χ0v) is 8.43. The minimum absolute atomic E-state index is 0.204. The summed E-state index contributed by atoms with van der Waals surface area (Å²) in [4.78, 5) is 11.4. The van der Waals surface area contributed by atoms with Gasteiger partial charge in [0.15, 0.2) is 11.5 Å². The second-order valence-electron chi connectivity index (χ2n) is 3.12. The van der Waals surface area contributed by atoms with Gasteiger partial charge in [-0.05, 0) is 19.1 Å². The molecule has 0 bridgehead atoms. The Labute approximate surface area is 87.8 Å². The number of carbonyl (C=O) groups excluding carboxylic acids is 1. The fourth-order valence-corrected chi connectivity index (χ4v) is 1.37. The lowest BCUT2D eigenvalue weighted by atomic mass is 10.2. The summed E-state index contributed by atoms with van der Waals surface area (Å²) in [6.07, 6.45) is -0.653. The van der Waals surface area contributed by atoms with E-state index in [0.717, 1.165) is 0 Å². The third-order valence-corrected chi connectivity index (χ3v) is 2.06. The molecule has 0 aromatic heterocycles. The van der Waals surface area contributed by atoms with Crippen LogP contribution < -0.4 is 9.47 Å². The molecular formula is C11H12O4. The largest absolute Gasteiger partial charge is 0.485 e. The lowest BCUT2D eigenvalue weighted by molar-refractivity contribution is -0.153. The summed E-state index contributed by atoms with van der Waals surface area (Å²) < 4.78 is 15.7. The maximum Gasteiger partial charge on any atom is 0.350 e. The first kappa shape index (κ1) is 9.83. The van der Waals surface area contributed by atoms with E-state index in [1.807, 2.05) is 12.1 Å². The lowest BCUT2D eigenvalue weighted by Gasteiger charge is -2.24. The van der Waals surface area contributed by atoms with Gasteiger partial charge < -0.3 is 14.2 Å². The van der Waals surface area contributed by atoms with E-state index in [9.17, 15) is 4.79 Å². The molecule has 1 aromatic carbocycles. The van der Waals surface area contributed by atoms with Gasteiger partial charge in [0.05, 0.1) is 6.61 Å². The van der Waals surface area contributed by atoms with Crippen molar-refractivity contribution in [3.05, 3.63) is 24.3 Å². The minimum atomic E-state index is -0.653. The van der Waals surface area contributed by atoms with Gasteiger partial charge in [-0.25, -0.2) is 4.79 Å². The first-order valence-corrected chi connectivity index (χ1v) is 4.86. The molecule has 4 heteroatoms. The van der Waals surface area contributed by atoms with Crippen molar-refractivity contribution in [1.82, 2.24) is 0 Å². The van der Waals surface area contributed by atoms with Gasteiger partial charge in [-0.15, -0.1) is 0 Å². The summed E-state index contributed by atoms with van der Waals surface area (Å²) in [5, 5.41) is 0. The molecule has 0 saturated carbocycles. The number of carbonyl (C=O) groups is 1. The average molecular weight is 208 g/mol. The van der Waals surface area contributed by atoms with Crippen molar-refractivity contribution in [2.45, 2.75) is 13.0 Å². The van der Waals surface area contributed by atoms with E-state index in [2.05, 4.69) is 0 Å². The van der Waals surface area contributed by atoms with Crippen LogP contribution in [0.1, 0.15) is 6.92 Å². The number of esters is 1. The van der Waals surface area contributed by atoms with E-state index >= 15 is 0 Å². The Hall–Kier alpha value is -1.71.